The number of allylic oxidation sites excluding steroid dienone is 1. The number of nitrogens with one attached hydrogen (secondary N) is 2. The summed E-state index contributed by atoms with van der Waals surface area (Å²) in [5, 5.41) is 6.70. The highest BCUT2D eigenvalue weighted by Gasteiger charge is 2.28. The van der Waals surface area contributed by atoms with Crippen LogP contribution in [0.1, 0.15) is 37.9 Å². The van der Waals surface area contributed by atoms with E-state index in [4.69, 9.17) is 21.7 Å². The molecule has 1 heterocycles. The molecule has 0 aromatic heterocycles. The summed E-state index contributed by atoms with van der Waals surface area (Å²) in [4.78, 5) is 12.2. The fraction of sp³-hybridized carbons (Fsp3) is 0.273. The first-order valence-corrected chi connectivity index (χ1v) is 9.63. The highest BCUT2D eigenvalue weighted by molar-refractivity contribution is 7.80. The number of rotatable bonds is 7. The molecule has 0 unspecified atom stereocenters. The normalized spacial score (nSPS) is 16.2. The number of carbonyl (C=O) groups excluding carboxylic acids is 1. The first kappa shape index (κ1) is 19.9. The Morgan fingerprint density at radius 1 is 1.11 bits per heavy atom. The predicted octanol–water partition coefficient (Wildman–Crippen LogP) is 4.05. The number of ether oxygens (including phenoxy) is 2. The van der Waals surface area contributed by atoms with Crippen molar-refractivity contribution in [3.8, 4) is 11.5 Å². The summed E-state index contributed by atoms with van der Waals surface area (Å²) in [7, 11) is 0. The van der Waals surface area contributed by atoms with Crippen LogP contribution in [-0.2, 0) is 11.4 Å². The van der Waals surface area contributed by atoms with Crippen molar-refractivity contribution in [1.29, 1.82) is 0 Å². The van der Waals surface area contributed by atoms with Crippen LogP contribution < -0.4 is 20.1 Å². The SMILES string of the molecule is CCOc1cc([C@H]2NC(=S)NC(C)=C2C(C)=O)ccc1OCc1ccccc1. The van der Waals surface area contributed by atoms with E-state index in [0.29, 0.717) is 35.4 Å². The third-order valence-electron chi connectivity index (χ3n) is 4.49. The fourth-order valence-corrected chi connectivity index (χ4v) is 3.51. The molecule has 0 fully saturated rings. The smallest absolute Gasteiger partial charge is 0.171 e. The van der Waals surface area contributed by atoms with Crippen molar-refractivity contribution >= 4 is 23.1 Å². The first-order chi connectivity index (χ1) is 13.5. The lowest BCUT2D eigenvalue weighted by atomic mass is 9.93. The van der Waals surface area contributed by atoms with Crippen LogP contribution in [0, 0.1) is 0 Å². The van der Waals surface area contributed by atoms with Crippen molar-refractivity contribution in [2.45, 2.75) is 33.4 Å². The van der Waals surface area contributed by atoms with Gasteiger partial charge in [0.25, 0.3) is 0 Å². The molecule has 0 radical (unpaired) electrons. The van der Waals surface area contributed by atoms with Crippen LogP contribution in [0.5, 0.6) is 11.5 Å². The Labute approximate surface area is 170 Å². The van der Waals surface area contributed by atoms with Gasteiger partial charge in [0.05, 0.1) is 12.6 Å². The van der Waals surface area contributed by atoms with E-state index >= 15 is 0 Å². The third-order valence-corrected chi connectivity index (χ3v) is 4.71. The van der Waals surface area contributed by atoms with Gasteiger partial charge in [0.1, 0.15) is 6.61 Å². The quantitative estimate of drug-likeness (QED) is 0.689. The van der Waals surface area contributed by atoms with E-state index in [2.05, 4.69) is 10.6 Å². The predicted molar refractivity (Wildman–Crippen MR) is 113 cm³/mol. The second-order valence-corrected chi connectivity index (χ2v) is 6.95. The Balaban J connectivity index is 1.90. The number of carbonyl (C=O) groups is 1. The molecule has 6 heteroatoms. The maximum Gasteiger partial charge on any atom is 0.171 e. The molecule has 0 amide bonds. The van der Waals surface area contributed by atoms with Crippen molar-refractivity contribution in [3.63, 3.8) is 0 Å². The molecular weight excluding hydrogens is 372 g/mol. The second-order valence-electron chi connectivity index (χ2n) is 6.54. The van der Waals surface area contributed by atoms with Crippen molar-refractivity contribution in [1.82, 2.24) is 10.6 Å². The van der Waals surface area contributed by atoms with E-state index < -0.39 is 0 Å². The standard InChI is InChI=1S/C22H24N2O3S/c1-4-26-19-12-17(21-20(15(3)25)14(2)23-22(28)24-21)10-11-18(19)27-13-16-8-6-5-7-9-16/h5-12,21H,4,13H2,1-3H3,(H2,23,24,28)/t21-/m1/s1. The van der Waals surface area contributed by atoms with Gasteiger partial charge >= 0.3 is 0 Å². The van der Waals surface area contributed by atoms with Gasteiger partial charge in [0.2, 0.25) is 0 Å². The molecule has 0 saturated heterocycles. The topological polar surface area (TPSA) is 59.6 Å². The lowest BCUT2D eigenvalue weighted by Crippen LogP contribution is -2.44. The minimum absolute atomic E-state index is 0.00707. The molecule has 5 nitrogen and oxygen atoms in total. The van der Waals surface area contributed by atoms with Crippen LogP contribution in [0.4, 0.5) is 0 Å². The molecule has 2 N–H and O–H groups in total. The van der Waals surface area contributed by atoms with Gasteiger partial charge in [0.15, 0.2) is 22.4 Å². The lowest BCUT2D eigenvalue weighted by Gasteiger charge is -2.30. The highest BCUT2D eigenvalue weighted by atomic mass is 32.1. The van der Waals surface area contributed by atoms with Crippen LogP contribution in [0.15, 0.2) is 59.8 Å². The van der Waals surface area contributed by atoms with E-state index in [1.165, 1.54) is 0 Å². The van der Waals surface area contributed by atoms with Crippen molar-refractivity contribution < 1.29 is 14.3 Å². The Morgan fingerprint density at radius 3 is 2.54 bits per heavy atom. The van der Waals surface area contributed by atoms with Gasteiger partial charge in [0, 0.05) is 11.3 Å². The monoisotopic (exact) mass is 396 g/mol. The first-order valence-electron chi connectivity index (χ1n) is 9.22. The Bertz CT molecular complexity index is 909. The Hall–Kier alpha value is -2.86. The van der Waals surface area contributed by atoms with Crippen LogP contribution in [0.25, 0.3) is 0 Å². The lowest BCUT2D eigenvalue weighted by molar-refractivity contribution is -0.114. The zero-order chi connectivity index (χ0) is 20.1. The molecule has 0 bridgehead atoms. The summed E-state index contributed by atoms with van der Waals surface area (Å²) in [6.45, 7) is 6.31. The van der Waals surface area contributed by atoms with Gasteiger partial charge in [-0.3, -0.25) is 4.79 Å². The molecule has 2 aromatic carbocycles. The van der Waals surface area contributed by atoms with E-state index in [1.54, 1.807) is 6.92 Å². The van der Waals surface area contributed by atoms with E-state index in [-0.39, 0.29) is 11.8 Å². The average molecular weight is 397 g/mol. The van der Waals surface area contributed by atoms with Crippen molar-refractivity contribution in [2.75, 3.05) is 6.61 Å². The van der Waals surface area contributed by atoms with Gasteiger partial charge < -0.3 is 20.1 Å². The van der Waals surface area contributed by atoms with E-state index in [9.17, 15) is 4.79 Å². The van der Waals surface area contributed by atoms with Crippen LogP contribution >= 0.6 is 12.2 Å². The minimum Gasteiger partial charge on any atom is -0.490 e. The molecular formula is C22H24N2O3S. The molecule has 0 spiro atoms. The molecule has 0 aliphatic carbocycles. The summed E-state index contributed by atoms with van der Waals surface area (Å²) in [6, 6.07) is 15.4. The third kappa shape index (κ3) is 4.51. The Kier molecular flexibility index (Phi) is 6.31. The van der Waals surface area contributed by atoms with Crippen LogP contribution in [0.2, 0.25) is 0 Å². The summed E-state index contributed by atoms with van der Waals surface area (Å²) in [5.41, 5.74) is 3.40. The molecule has 1 aliphatic heterocycles. The molecule has 1 atom stereocenters. The van der Waals surface area contributed by atoms with Crippen molar-refractivity contribution in [3.05, 3.63) is 70.9 Å². The number of benzene rings is 2. The largest absolute Gasteiger partial charge is 0.490 e. The highest BCUT2D eigenvalue weighted by Crippen LogP contribution is 2.35. The van der Waals surface area contributed by atoms with Gasteiger partial charge in [-0.2, -0.15) is 0 Å². The van der Waals surface area contributed by atoms with Gasteiger partial charge in [-0.25, -0.2) is 0 Å². The number of hydrogen-bond acceptors (Lipinski definition) is 4. The Morgan fingerprint density at radius 2 is 1.86 bits per heavy atom. The van der Waals surface area contributed by atoms with Crippen LogP contribution in [-0.4, -0.2) is 17.5 Å². The average Bonchev–Trinajstić information content (AvgIpc) is 2.67. The summed E-state index contributed by atoms with van der Waals surface area (Å²) in [5.74, 6) is 1.30. The number of hydrogen-bond donors (Lipinski definition) is 2. The molecule has 3 rings (SSSR count). The number of thiocarbonyl (C=S) groups is 1. The summed E-state index contributed by atoms with van der Waals surface area (Å²) < 4.78 is 11.8. The maximum atomic E-state index is 12.2. The fourth-order valence-electron chi connectivity index (χ4n) is 3.24. The summed E-state index contributed by atoms with van der Waals surface area (Å²) in [6.07, 6.45) is 0. The molecule has 0 saturated carbocycles. The number of ketones is 1. The van der Waals surface area contributed by atoms with Crippen molar-refractivity contribution in [2.24, 2.45) is 0 Å². The van der Waals surface area contributed by atoms with Gasteiger partial charge in [-0.15, -0.1) is 0 Å². The maximum absolute atomic E-state index is 12.2. The number of Topliss-reactive ketones (excluding diaryl/α,β-unsaturated/α-hetero) is 1. The van der Waals surface area contributed by atoms with Crippen LogP contribution in [0.3, 0.4) is 0 Å². The minimum atomic E-state index is -0.325. The molecule has 28 heavy (non-hydrogen) atoms. The molecule has 146 valence electrons. The van der Waals surface area contributed by atoms with Gasteiger partial charge in [-0.05, 0) is 56.2 Å². The van der Waals surface area contributed by atoms with E-state index in [0.717, 1.165) is 16.8 Å². The molecule has 1 aliphatic rings. The molecule has 2 aromatic rings. The zero-order valence-corrected chi connectivity index (χ0v) is 17.1. The summed E-state index contributed by atoms with van der Waals surface area (Å²) >= 11 is 5.28. The second kappa shape index (κ2) is 8.89. The zero-order valence-electron chi connectivity index (χ0n) is 16.2. The van der Waals surface area contributed by atoms with E-state index in [1.807, 2.05) is 62.4 Å². The van der Waals surface area contributed by atoms with Gasteiger partial charge in [-0.1, -0.05) is 36.4 Å².